The molecule has 1 aromatic rings. The van der Waals surface area contributed by atoms with Gasteiger partial charge < -0.3 is 9.74 Å². The summed E-state index contributed by atoms with van der Waals surface area (Å²) in [7, 11) is -1.75. The third-order valence-corrected chi connectivity index (χ3v) is 4.29. The summed E-state index contributed by atoms with van der Waals surface area (Å²) in [6, 6.07) is 4.82. The van der Waals surface area contributed by atoms with Gasteiger partial charge in [0.1, 0.15) is 11.8 Å². The van der Waals surface area contributed by atoms with Crippen LogP contribution >= 0.6 is 24.8 Å². The SMILES string of the molecule is C[Si](C)(C)Oc1ccc([C@@H](N2CCNCC2)C(F)(F)F)cc1.Cl.Cl. The van der Waals surface area contributed by atoms with E-state index in [-0.39, 0.29) is 30.4 Å². The normalized spacial score (nSPS) is 17.4. The zero-order valence-electron chi connectivity index (χ0n) is 14.0. The van der Waals surface area contributed by atoms with E-state index in [0.29, 0.717) is 31.9 Å². The minimum atomic E-state index is -4.28. The summed E-state index contributed by atoms with van der Waals surface area (Å²) in [4.78, 5) is 1.49. The van der Waals surface area contributed by atoms with Gasteiger partial charge in [-0.2, -0.15) is 13.2 Å². The van der Waals surface area contributed by atoms with Crippen LogP contribution in [0.1, 0.15) is 11.6 Å². The molecule has 0 aliphatic carbocycles. The Balaban J connectivity index is 0.00000264. The quantitative estimate of drug-likeness (QED) is 0.758. The zero-order chi connectivity index (χ0) is 16.4. The molecule has 9 heteroatoms. The second-order valence-corrected chi connectivity index (χ2v) is 10.9. The van der Waals surface area contributed by atoms with Crippen molar-refractivity contribution >= 4 is 33.1 Å². The van der Waals surface area contributed by atoms with Crippen LogP contribution in [-0.4, -0.2) is 45.6 Å². The third kappa shape index (κ3) is 6.80. The topological polar surface area (TPSA) is 24.5 Å². The third-order valence-electron chi connectivity index (χ3n) is 3.45. The van der Waals surface area contributed by atoms with Crippen molar-refractivity contribution in [3.63, 3.8) is 0 Å². The van der Waals surface area contributed by atoms with Gasteiger partial charge in [-0.3, -0.25) is 4.90 Å². The van der Waals surface area contributed by atoms with E-state index in [1.165, 1.54) is 17.0 Å². The maximum Gasteiger partial charge on any atom is 0.408 e. The molecule has 1 aliphatic rings. The molecule has 0 unspecified atom stereocenters. The predicted molar refractivity (Wildman–Crippen MR) is 98.2 cm³/mol. The van der Waals surface area contributed by atoms with Gasteiger partial charge in [-0.15, -0.1) is 24.8 Å². The zero-order valence-corrected chi connectivity index (χ0v) is 16.7. The Labute approximate surface area is 154 Å². The van der Waals surface area contributed by atoms with Gasteiger partial charge in [0.05, 0.1) is 0 Å². The summed E-state index contributed by atoms with van der Waals surface area (Å²) >= 11 is 0. The lowest BCUT2D eigenvalue weighted by Crippen LogP contribution is -2.49. The van der Waals surface area contributed by atoms with E-state index >= 15 is 0 Å². The molecule has 1 atom stereocenters. The second kappa shape index (κ2) is 9.29. The Hall–Kier alpha value is -0.473. The standard InChI is InChI=1S/C15H23F3N2OSi.2ClH/c1-22(2,3)21-13-6-4-12(5-7-13)14(15(16,17)18)20-10-8-19-9-11-20;;/h4-7,14,19H,8-11H2,1-3H3;2*1H/t14-;;/m1../s1. The van der Waals surface area contributed by atoms with E-state index in [4.69, 9.17) is 4.43 Å². The molecule has 0 radical (unpaired) electrons. The molecule has 2 rings (SSSR count). The van der Waals surface area contributed by atoms with Crippen LogP contribution in [0.3, 0.4) is 0 Å². The number of benzene rings is 1. The number of halogens is 5. The van der Waals surface area contributed by atoms with Crippen molar-refractivity contribution in [2.24, 2.45) is 0 Å². The monoisotopic (exact) mass is 404 g/mol. The second-order valence-electron chi connectivity index (χ2n) is 6.51. The summed E-state index contributed by atoms with van der Waals surface area (Å²) in [6.45, 7) is 8.10. The number of nitrogens with one attached hydrogen (secondary N) is 1. The van der Waals surface area contributed by atoms with Crippen LogP contribution < -0.4 is 9.74 Å². The molecule has 1 fully saturated rings. The summed E-state index contributed by atoms with van der Waals surface area (Å²) < 4.78 is 46.2. The largest absolute Gasteiger partial charge is 0.544 e. The highest BCUT2D eigenvalue weighted by atomic mass is 35.5. The van der Waals surface area contributed by atoms with Crippen LogP contribution in [-0.2, 0) is 0 Å². The fourth-order valence-corrected chi connectivity index (χ4v) is 3.46. The highest BCUT2D eigenvalue weighted by Gasteiger charge is 2.44. The number of hydrogen-bond donors (Lipinski definition) is 1. The van der Waals surface area contributed by atoms with Crippen molar-refractivity contribution in [1.82, 2.24) is 10.2 Å². The van der Waals surface area contributed by atoms with E-state index in [1.54, 1.807) is 12.1 Å². The van der Waals surface area contributed by atoms with Crippen molar-refractivity contribution < 1.29 is 17.6 Å². The van der Waals surface area contributed by atoms with Crippen molar-refractivity contribution in [3.05, 3.63) is 29.8 Å². The van der Waals surface area contributed by atoms with Crippen LogP contribution in [0.25, 0.3) is 0 Å². The Morgan fingerprint density at radius 2 is 1.54 bits per heavy atom. The predicted octanol–water partition coefficient (Wildman–Crippen LogP) is 4.25. The highest BCUT2D eigenvalue weighted by molar-refractivity contribution is 6.70. The molecule has 140 valence electrons. The van der Waals surface area contributed by atoms with Crippen LogP contribution in [0.15, 0.2) is 24.3 Å². The Morgan fingerprint density at radius 3 is 1.96 bits per heavy atom. The smallest absolute Gasteiger partial charge is 0.408 e. The molecule has 1 saturated heterocycles. The molecular weight excluding hydrogens is 380 g/mol. The van der Waals surface area contributed by atoms with Crippen molar-refractivity contribution in [1.29, 1.82) is 0 Å². The van der Waals surface area contributed by atoms with E-state index in [2.05, 4.69) is 5.32 Å². The Morgan fingerprint density at radius 1 is 1.04 bits per heavy atom. The number of hydrogen-bond acceptors (Lipinski definition) is 3. The first-order valence-corrected chi connectivity index (χ1v) is 10.9. The lowest BCUT2D eigenvalue weighted by atomic mass is 10.0. The summed E-state index contributed by atoms with van der Waals surface area (Å²) in [6.07, 6.45) is -4.28. The summed E-state index contributed by atoms with van der Waals surface area (Å²) in [5.41, 5.74) is 0.275. The van der Waals surface area contributed by atoms with Gasteiger partial charge in [0.15, 0.2) is 0 Å². The van der Waals surface area contributed by atoms with E-state index in [1.807, 2.05) is 19.6 Å². The molecule has 1 aromatic carbocycles. The van der Waals surface area contributed by atoms with Crippen LogP contribution in [0.2, 0.25) is 19.6 Å². The molecule has 0 aromatic heterocycles. The van der Waals surface area contributed by atoms with Gasteiger partial charge in [0.25, 0.3) is 0 Å². The molecule has 0 bridgehead atoms. The average Bonchev–Trinajstić information content (AvgIpc) is 2.39. The molecule has 24 heavy (non-hydrogen) atoms. The van der Waals surface area contributed by atoms with Gasteiger partial charge in [0, 0.05) is 26.2 Å². The molecule has 1 heterocycles. The number of rotatable bonds is 4. The molecule has 0 saturated carbocycles. The van der Waals surface area contributed by atoms with Gasteiger partial charge in [0.2, 0.25) is 8.32 Å². The molecular formula is C15H25Cl2F3N2OSi. The fourth-order valence-electron chi connectivity index (χ4n) is 2.62. The Bertz CT molecular complexity index is 489. The van der Waals surface area contributed by atoms with Gasteiger partial charge >= 0.3 is 6.18 Å². The summed E-state index contributed by atoms with van der Waals surface area (Å²) in [5.74, 6) is 0.643. The molecule has 1 N–H and O–H groups in total. The number of alkyl halides is 3. The average molecular weight is 405 g/mol. The summed E-state index contributed by atoms with van der Waals surface area (Å²) in [5, 5.41) is 3.08. The first-order chi connectivity index (χ1) is 10.2. The minimum Gasteiger partial charge on any atom is -0.544 e. The van der Waals surface area contributed by atoms with Crippen LogP contribution in [0, 0.1) is 0 Å². The molecule has 0 spiro atoms. The molecule has 1 aliphatic heterocycles. The lowest BCUT2D eigenvalue weighted by molar-refractivity contribution is -0.187. The number of piperazine rings is 1. The molecule has 0 amide bonds. The maximum atomic E-state index is 13.5. The molecule has 3 nitrogen and oxygen atoms in total. The highest BCUT2D eigenvalue weighted by Crippen LogP contribution is 2.38. The van der Waals surface area contributed by atoms with Crippen molar-refractivity contribution in [2.75, 3.05) is 26.2 Å². The van der Waals surface area contributed by atoms with Gasteiger partial charge in [-0.25, -0.2) is 0 Å². The van der Waals surface area contributed by atoms with E-state index in [0.717, 1.165) is 0 Å². The van der Waals surface area contributed by atoms with Gasteiger partial charge in [-0.1, -0.05) is 12.1 Å². The maximum absolute atomic E-state index is 13.5. The van der Waals surface area contributed by atoms with Crippen molar-refractivity contribution in [2.45, 2.75) is 31.9 Å². The van der Waals surface area contributed by atoms with E-state index < -0.39 is 20.5 Å². The van der Waals surface area contributed by atoms with Crippen LogP contribution in [0.4, 0.5) is 13.2 Å². The van der Waals surface area contributed by atoms with Crippen molar-refractivity contribution in [3.8, 4) is 5.75 Å². The first-order valence-electron chi connectivity index (χ1n) is 7.47. The Kier molecular flexibility index (Phi) is 9.10. The lowest BCUT2D eigenvalue weighted by Gasteiger charge is -2.36. The minimum absolute atomic E-state index is 0. The number of nitrogens with zero attached hydrogens (tertiary/aromatic N) is 1. The van der Waals surface area contributed by atoms with E-state index in [9.17, 15) is 13.2 Å². The van der Waals surface area contributed by atoms with Gasteiger partial charge in [-0.05, 0) is 37.3 Å². The fraction of sp³-hybridized carbons (Fsp3) is 0.600. The first kappa shape index (κ1) is 23.5. The van der Waals surface area contributed by atoms with Crippen LogP contribution in [0.5, 0.6) is 5.75 Å².